The smallest absolute Gasteiger partial charge is 0.251 e. The predicted octanol–water partition coefficient (Wildman–Crippen LogP) is 5.69. The lowest BCUT2D eigenvalue weighted by Gasteiger charge is -2.11. The van der Waals surface area contributed by atoms with Crippen molar-refractivity contribution < 1.29 is 4.79 Å². The zero-order chi connectivity index (χ0) is 20.8. The van der Waals surface area contributed by atoms with Gasteiger partial charge in [0.1, 0.15) is 0 Å². The number of aromatic amines is 1. The molecule has 3 aromatic carbocycles. The molecule has 0 saturated heterocycles. The number of aromatic nitrogens is 2. The molecule has 2 N–H and O–H groups in total. The van der Waals surface area contributed by atoms with Crippen LogP contribution in [0.4, 0.5) is 0 Å². The summed E-state index contributed by atoms with van der Waals surface area (Å²) in [5.41, 5.74) is 5.36. The maximum Gasteiger partial charge on any atom is 0.251 e. The topological polar surface area (TPSA) is 57.8 Å². The van der Waals surface area contributed by atoms with E-state index in [0.29, 0.717) is 12.1 Å². The molecular formula is C24H23N3OS2. The van der Waals surface area contributed by atoms with Gasteiger partial charge in [0.05, 0.1) is 11.0 Å². The van der Waals surface area contributed by atoms with Gasteiger partial charge in [0.25, 0.3) is 5.91 Å². The molecule has 0 aliphatic rings. The molecule has 1 aromatic heterocycles. The minimum atomic E-state index is -0.0242. The number of H-pyrrole nitrogens is 1. The molecule has 152 valence electrons. The van der Waals surface area contributed by atoms with Crippen molar-refractivity contribution in [1.82, 2.24) is 15.3 Å². The van der Waals surface area contributed by atoms with E-state index >= 15 is 0 Å². The summed E-state index contributed by atoms with van der Waals surface area (Å²) < 4.78 is 0. The minimum absolute atomic E-state index is 0.0242. The van der Waals surface area contributed by atoms with Crippen LogP contribution in [0.2, 0.25) is 0 Å². The van der Waals surface area contributed by atoms with Gasteiger partial charge in [-0.25, -0.2) is 4.98 Å². The van der Waals surface area contributed by atoms with Crippen molar-refractivity contribution in [3.8, 4) is 0 Å². The number of para-hydroxylation sites is 2. The highest BCUT2D eigenvalue weighted by molar-refractivity contribution is 7.99. The van der Waals surface area contributed by atoms with Crippen LogP contribution in [0.5, 0.6) is 0 Å². The second kappa shape index (κ2) is 9.87. The second-order valence-corrected chi connectivity index (χ2v) is 8.96. The summed E-state index contributed by atoms with van der Waals surface area (Å²) in [6.45, 7) is 2.80. The quantitative estimate of drug-likeness (QED) is 0.277. The molecule has 0 saturated carbocycles. The SMILES string of the molecule is Cc1c(CSc2nc3ccccc3[nH]2)cccc1SCCNC(=O)c1ccccc1. The molecule has 4 aromatic rings. The Morgan fingerprint density at radius 3 is 2.60 bits per heavy atom. The highest BCUT2D eigenvalue weighted by Gasteiger charge is 2.08. The average Bonchev–Trinajstić information content (AvgIpc) is 3.20. The largest absolute Gasteiger partial charge is 0.351 e. The van der Waals surface area contributed by atoms with Gasteiger partial charge in [-0.1, -0.05) is 54.2 Å². The molecule has 0 spiro atoms. The van der Waals surface area contributed by atoms with Crippen molar-refractivity contribution in [1.29, 1.82) is 0 Å². The lowest BCUT2D eigenvalue weighted by molar-refractivity contribution is 0.0956. The maximum atomic E-state index is 12.1. The summed E-state index contributed by atoms with van der Waals surface area (Å²) in [6.07, 6.45) is 0. The van der Waals surface area contributed by atoms with Crippen LogP contribution < -0.4 is 5.32 Å². The Balaban J connectivity index is 1.30. The standard InChI is InChI=1S/C24H23N3OS2/c1-17-19(16-30-24-26-20-11-5-6-12-21(20)27-24)10-7-13-22(17)29-15-14-25-23(28)18-8-3-2-4-9-18/h2-13H,14-16H2,1H3,(H,25,28)(H,26,27). The fraction of sp³-hybridized carbons (Fsp3) is 0.167. The third kappa shape index (κ3) is 5.07. The van der Waals surface area contributed by atoms with E-state index < -0.39 is 0 Å². The molecule has 1 heterocycles. The summed E-state index contributed by atoms with van der Waals surface area (Å²) in [5.74, 6) is 1.67. The van der Waals surface area contributed by atoms with Crippen molar-refractivity contribution in [2.45, 2.75) is 22.7 Å². The number of nitrogens with one attached hydrogen (secondary N) is 2. The van der Waals surface area contributed by atoms with E-state index in [0.717, 1.165) is 27.7 Å². The van der Waals surface area contributed by atoms with Gasteiger partial charge < -0.3 is 10.3 Å². The van der Waals surface area contributed by atoms with E-state index in [1.54, 1.807) is 23.5 Å². The fourth-order valence-electron chi connectivity index (χ4n) is 3.13. The zero-order valence-electron chi connectivity index (χ0n) is 16.7. The summed E-state index contributed by atoms with van der Waals surface area (Å²) in [4.78, 5) is 21.4. The molecule has 6 heteroatoms. The number of benzene rings is 3. The Labute approximate surface area is 184 Å². The van der Waals surface area contributed by atoms with Crippen molar-refractivity contribution in [2.24, 2.45) is 0 Å². The van der Waals surface area contributed by atoms with Gasteiger partial charge in [0.15, 0.2) is 5.16 Å². The van der Waals surface area contributed by atoms with E-state index in [2.05, 4.69) is 40.4 Å². The van der Waals surface area contributed by atoms with Gasteiger partial charge in [-0.3, -0.25) is 4.79 Å². The number of fused-ring (bicyclic) bond motifs is 1. The van der Waals surface area contributed by atoms with Gasteiger partial charge in [-0.15, -0.1) is 11.8 Å². The van der Waals surface area contributed by atoms with Gasteiger partial charge in [-0.05, 0) is 48.4 Å². The number of amides is 1. The number of rotatable bonds is 8. The van der Waals surface area contributed by atoms with Crippen LogP contribution in [-0.2, 0) is 5.75 Å². The molecule has 4 nitrogen and oxygen atoms in total. The fourth-order valence-corrected chi connectivity index (χ4v) is 5.03. The minimum Gasteiger partial charge on any atom is -0.351 e. The van der Waals surface area contributed by atoms with Crippen molar-refractivity contribution in [2.75, 3.05) is 12.3 Å². The Hall–Kier alpha value is -2.70. The molecule has 4 rings (SSSR count). The third-order valence-electron chi connectivity index (χ3n) is 4.81. The summed E-state index contributed by atoms with van der Waals surface area (Å²) in [5, 5.41) is 3.93. The summed E-state index contributed by atoms with van der Waals surface area (Å²) in [6, 6.07) is 23.8. The number of imidazole rings is 1. The molecule has 1 amide bonds. The van der Waals surface area contributed by atoms with Crippen LogP contribution in [-0.4, -0.2) is 28.2 Å². The molecule has 30 heavy (non-hydrogen) atoms. The normalized spacial score (nSPS) is 11.0. The monoisotopic (exact) mass is 433 g/mol. The van der Waals surface area contributed by atoms with Gasteiger partial charge in [-0.2, -0.15) is 0 Å². The van der Waals surface area contributed by atoms with E-state index in [-0.39, 0.29) is 5.91 Å². The Morgan fingerprint density at radius 1 is 0.967 bits per heavy atom. The maximum absolute atomic E-state index is 12.1. The van der Waals surface area contributed by atoms with E-state index in [1.165, 1.54) is 16.0 Å². The number of thioether (sulfide) groups is 2. The summed E-state index contributed by atoms with van der Waals surface area (Å²) >= 11 is 3.50. The second-order valence-electron chi connectivity index (χ2n) is 6.86. The van der Waals surface area contributed by atoms with Crippen LogP contribution in [0.1, 0.15) is 21.5 Å². The van der Waals surface area contributed by atoms with Crippen LogP contribution in [0.15, 0.2) is 82.8 Å². The van der Waals surface area contributed by atoms with Crippen molar-refractivity contribution in [3.05, 3.63) is 89.5 Å². The molecular weight excluding hydrogens is 410 g/mol. The first-order valence-electron chi connectivity index (χ1n) is 9.83. The first-order valence-corrected chi connectivity index (χ1v) is 11.8. The Morgan fingerprint density at radius 2 is 1.77 bits per heavy atom. The molecule has 0 aliphatic carbocycles. The Kier molecular flexibility index (Phi) is 6.77. The van der Waals surface area contributed by atoms with Crippen molar-refractivity contribution >= 4 is 40.5 Å². The highest BCUT2D eigenvalue weighted by atomic mass is 32.2. The zero-order valence-corrected chi connectivity index (χ0v) is 18.4. The Bertz CT molecular complexity index is 1110. The number of nitrogens with zero attached hydrogens (tertiary/aromatic N) is 1. The van der Waals surface area contributed by atoms with Crippen LogP contribution >= 0.6 is 23.5 Å². The van der Waals surface area contributed by atoms with Crippen LogP contribution in [0, 0.1) is 6.92 Å². The lowest BCUT2D eigenvalue weighted by Crippen LogP contribution is -2.25. The summed E-state index contributed by atoms with van der Waals surface area (Å²) in [7, 11) is 0. The lowest BCUT2D eigenvalue weighted by atomic mass is 10.1. The van der Waals surface area contributed by atoms with Gasteiger partial charge in [0, 0.05) is 28.5 Å². The molecule has 0 unspecified atom stereocenters. The van der Waals surface area contributed by atoms with Crippen LogP contribution in [0.25, 0.3) is 11.0 Å². The number of hydrogen-bond donors (Lipinski definition) is 2. The predicted molar refractivity (Wildman–Crippen MR) is 126 cm³/mol. The molecule has 0 aliphatic heterocycles. The highest BCUT2D eigenvalue weighted by Crippen LogP contribution is 2.29. The first kappa shape index (κ1) is 20.6. The average molecular weight is 434 g/mol. The van der Waals surface area contributed by atoms with E-state index in [9.17, 15) is 4.79 Å². The van der Waals surface area contributed by atoms with Crippen molar-refractivity contribution in [3.63, 3.8) is 0 Å². The molecule has 0 atom stereocenters. The van der Waals surface area contributed by atoms with Gasteiger partial charge in [0.2, 0.25) is 0 Å². The third-order valence-corrected chi connectivity index (χ3v) is 6.89. The van der Waals surface area contributed by atoms with E-state index in [4.69, 9.17) is 0 Å². The molecule has 0 bridgehead atoms. The van der Waals surface area contributed by atoms with Crippen LogP contribution in [0.3, 0.4) is 0 Å². The van der Waals surface area contributed by atoms with E-state index in [1.807, 2.05) is 54.6 Å². The molecule has 0 fully saturated rings. The molecule has 0 radical (unpaired) electrons. The number of carbonyl (C=O) groups is 1. The number of carbonyl (C=O) groups excluding carboxylic acids is 1. The first-order chi connectivity index (χ1) is 14.7. The number of hydrogen-bond acceptors (Lipinski definition) is 4. The van der Waals surface area contributed by atoms with Gasteiger partial charge >= 0.3 is 0 Å².